The van der Waals surface area contributed by atoms with Crippen LogP contribution in [0, 0.1) is 34.5 Å². The summed E-state index contributed by atoms with van der Waals surface area (Å²) < 4.78 is 0. The maximum atomic E-state index is 10.5. The highest BCUT2D eigenvalue weighted by Crippen LogP contribution is 2.66. The minimum Gasteiger partial charge on any atom is -0.396 e. The zero-order valence-electron chi connectivity index (χ0n) is 13.9. The number of hydrogen-bond donors (Lipinski definition) is 3. The van der Waals surface area contributed by atoms with Gasteiger partial charge in [-0.15, -0.1) is 0 Å². The molecule has 0 amide bonds. The van der Waals surface area contributed by atoms with E-state index in [2.05, 4.69) is 6.92 Å². The minimum absolute atomic E-state index is 0.0665. The van der Waals surface area contributed by atoms with Gasteiger partial charge in [-0.3, -0.25) is 0 Å². The third-order valence-corrected chi connectivity index (χ3v) is 8.58. The van der Waals surface area contributed by atoms with Crippen LogP contribution >= 0.6 is 0 Å². The molecule has 0 aromatic rings. The summed E-state index contributed by atoms with van der Waals surface area (Å²) in [7, 11) is 0. The Morgan fingerprint density at radius 2 is 1.73 bits per heavy atom. The van der Waals surface area contributed by atoms with E-state index in [1.165, 1.54) is 25.7 Å². The Bertz CT molecular complexity index is 438. The summed E-state index contributed by atoms with van der Waals surface area (Å²) in [6.07, 6.45) is 9.35. The molecule has 4 rings (SSSR count). The molecule has 3 N–H and O–H groups in total. The van der Waals surface area contributed by atoms with Gasteiger partial charge in [0.15, 0.2) is 0 Å². The Hall–Kier alpha value is -0.120. The first-order chi connectivity index (χ1) is 10.5. The fourth-order valence-corrected chi connectivity index (χ4v) is 7.31. The number of aliphatic hydroxyl groups is 3. The van der Waals surface area contributed by atoms with Crippen LogP contribution in [0.15, 0.2) is 0 Å². The lowest BCUT2D eigenvalue weighted by atomic mass is 9.44. The topological polar surface area (TPSA) is 60.7 Å². The predicted octanol–water partition coefficient (Wildman–Crippen LogP) is 2.72. The van der Waals surface area contributed by atoms with Crippen molar-refractivity contribution in [3.8, 4) is 0 Å². The Balaban J connectivity index is 1.65. The zero-order chi connectivity index (χ0) is 15.5. The third kappa shape index (κ3) is 1.91. The van der Waals surface area contributed by atoms with Gasteiger partial charge in [-0.1, -0.05) is 6.92 Å². The van der Waals surface area contributed by atoms with Gasteiger partial charge in [0.1, 0.15) is 0 Å². The van der Waals surface area contributed by atoms with E-state index in [0.717, 1.165) is 32.1 Å². The Labute approximate surface area is 134 Å². The highest BCUT2D eigenvalue weighted by atomic mass is 16.3. The summed E-state index contributed by atoms with van der Waals surface area (Å²) >= 11 is 0. The molecular weight excluding hydrogens is 276 g/mol. The van der Waals surface area contributed by atoms with Crippen molar-refractivity contribution >= 4 is 0 Å². The molecule has 8 atom stereocenters. The molecule has 0 bridgehead atoms. The normalized spacial score (nSPS) is 57.8. The quantitative estimate of drug-likeness (QED) is 0.698. The van der Waals surface area contributed by atoms with Gasteiger partial charge >= 0.3 is 0 Å². The summed E-state index contributed by atoms with van der Waals surface area (Å²) in [6, 6.07) is 0. The number of fused-ring (bicyclic) bond motifs is 5. The van der Waals surface area contributed by atoms with Gasteiger partial charge < -0.3 is 15.3 Å². The second-order valence-corrected chi connectivity index (χ2v) is 9.11. The molecule has 4 fully saturated rings. The smallest absolute Gasteiger partial charge is 0.0596 e. The van der Waals surface area contributed by atoms with Crippen molar-refractivity contribution in [2.45, 2.75) is 76.9 Å². The number of rotatable bonds is 1. The Morgan fingerprint density at radius 1 is 0.909 bits per heavy atom. The monoisotopic (exact) mass is 308 g/mol. The summed E-state index contributed by atoms with van der Waals surface area (Å²) in [4.78, 5) is 0. The van der Waals surface area contributed by atoms with Crippen LogP contribution in [-0.4, -0.2) is 34.1 Å². The fraction of sp³-hybridized carbons (Fsp3) is 1.00. The first-order valence-electron chi connectivity index (χ1n) is 9.48. The van der Waals surface area contributed by atoms with Crippen molar-refractivity contribution in [2.75, 3.05) is 6.61 Å². The van der Waals surface area contributed by atoms with E-state index in [1.807, 2.05) is 0 Å². The molecule has 3 heteroatoms. The highest BCUT2D eigenvalue weighted by Gasteiger charge is 2.61. The molecule has 4 aliphatic carbocycles. The van der Waals surface area contributed by atoms with Crippen molar-refractivity contribution in [1.29, 1.82) is 0 Å². The van der Waals surface area contributed by atoms with Crippen LogP contribution in [0.3, 0.4) is 0 Å². The molecule has 4 aliphatic rings. The summed E-state index contributed by atoms with van der Waals surface area (Å²) in [6.45, 7) is 2.62. The average Bonchev–Trinajstić information content (AvgIpc) is 2.82. The lowest BCUT2D eigenvalue weighted by Gasteiger charge is -2.61. The molecule has 126 valence electrons. The van der Waals surface area contributed by atoms with Crippen LogP contribution < -0.4 is 0 Å². The van der Waals surface area contributed by atoms with Crippen LogP contribution in [0.2, 0.25) is 0 Å². The Kier molecular flexibility index (Phi) is 3.63. The largest absolute Gasteiger partial charge is 0.396 e. The maximum absolute atomic E-state index is 10.5. The minimum atomic E-state index is -0.150. The number of aliphatic hydroxyl groups excluding tert-OH is 3. The fourth-order valence-electron chi connectivity index (χ4n) is 7.31. The second-order valence-electron chi connectivity index (χ2n) is 9.11. The molecular formula is C19H32O3. The van der Waals surface area contributed by atoms with Crippen molar-refractivity contribution in [2.24, 2.45) is 34.5 Å². The molecule has 0 unspecified atom stereocenters. The first kappa shape index (κ1) is 15.4. The van der Waals surface area contributed by atoms with Gasteiger partial charge in [-0.05, 0) is 92.3 Å². The lowest BCUT2D eigenvalue weighted by molar-refractivity contribution is -0.158. The van der Waals surface area contributed by atoms with Crippen molar-refractivity contribution in [3.05, 3.63) is 0 Å². The van der Waals surface area contributed by atoms with Crippen molar-refractivity contribution in [1.82, 2.24) is 0 Å². The van der Waals surface area contributed by atoms with E-state index in [1.54, 1.807) is 0 Å². The highest BCUT2D eigenvalue weighted by molar-refractivity contribution is 5.10. The molecule has 0 aromatic heterocycles. The van der Waals surface area contributed by atoms with Gasteiger partial charge in [-0.25, -0.2) is 0 Å². The molecule has 4 saturated carbocycles. The molecule has 3 nitrogen and oxygen atoms in total. The van der Waals surface area contributed by atoms with E-state index in [0.29, 0.717) is 30.3 Å². The van der Waals surface area contributed by atoms with Gasteiger partial charge in [0.25, 0.3) is 0 Å². The zero-order valence-corrected chi connectivity index (χ0v) is 13.9. The molecule has 0 heterocycles. The van der Waals surface area contributed by atoms with Crippen LogP contribution in [0.1, 0.15) is 64.7 Å². The van der Waals surface area contributed by atoms with E-state index < -0.39 is 0 Å². The van der Waals surface area contributed by atoms with Crippen LogP contribution in [0.25, 0.3) is 0 Å². The molecule has 0 saturated heterocycles. The Morgan fingerprint density at radius 3 is 2.50 bits per heavy atom. The summed E-state index contributed by atoms with van der Waals surface area (Å²) in [5.74, 6) is 2.47. The first-order valence-corrected chi connectivity index (χ1v) is 9.48. The van der Waals surface area contributed by atoms with Gasteiger partial charge in [0.2, 0.25) is 0 Å². The molecule has 22 heavy (non-hydrogen) atoms. The maximum Gasteiger partial charge on any atom is 0.0596 e. The van der Waals surface area contributed by atoms with Gasteiger partial charge in [-0.2, -0.15) is 0 Å². The SMILES string of the molecule is C[C@]12CC[C@H]3[C@@H](CC[C@H]4C[C@H](O)CC[C@@]43CO)[C@@H]1CC[C@@H]2O. The third-order valence-electron chi connectivity index (χ3n) is 8.58. The van der Waals surface area contributed by atoms with Crippen molar-refractivity contribution in [3.63, 3.8) is 0 Å². The molecule has 0 spiro atoms. The summed E-state index contributed by atoms with van der Waals surface area (Å²) in [5.41, 5.74) is 0.190. The van der Waals surface area contributed by atoms with Gasteiger partial charge in [0, 0.05) is 6.61 Å². The second kappa shape index (κ2) is 5.19. The molecule has 0 aromatic carbocycles. The standard InChI is InChI=1S/C19H32O3/c1-18-8-7-16-14(15(18)4-5-17(18)22)3-2-12-10-13(21)6-9-19(12,16)11-20/h12-17,20-22H,2-11H2,1H3/t12-,13+,14-,15-,16-,17-,18-,19+/m0/s1. The van der Waals surface area contributed by atoms with Crippen LogP contribution in [0.5, 0.6) is 0 Å². The average molecular weight is 308 g/mol. The molecule has 0 radical (unpaired) electrons. The van der Waals surface area contributed by atoms with E-state index in [-0.39, 0.29) is 23.0 Å². The summed E-state index contributed by atoms with van der Waals surface area (Å²) in [5, 5.41) is 30.9. The predicted molar refractivity (Wildman–Crippen MR) is 85.2 cm³/mol. The van der Waals surface area contributed by atoms with Gasteiger partial charge in [0.05, 0.1) is 12.2 Å². The van der Waals surface area contributed by atoms with E-state index in [4.69, 9.17) is 0 Å². The van der Waals surface area contributed by atoms with E-state index in [9.17, 15) is 15.3 Å². The van der Waals surface area contributed by atoms with Crippen LogP contribution in [0.4, 0.5) is 0 Å². The van der Waals surface area contributed by atoms with Crippen LogP contribution in [-0.2, 0) is 0 Å². The van der Waals surface area contributed by atoms with E-state index >= 15 is 0 Å². The molecule has 0 aliphatic heterocycles. The van der Waals surface area contributed by atoms with Crippen molar-refractivity contribution < 1.29 is 15.3 Å². The number of hydrogen-bond acceptors (Lipinski definition) is 3. The lowest BCUT2D eigenvalue weighted by Crippen LogP contribution is -2.57.